The summed E-state index contributed by atoms with van der Waals surface area (Å²) in [6, 6.07) is 0. The van der Waals surface area contributed by atoms with E-state index in [4.69, 9.17) is 4.74 Å². The van der Waals surface area contributed by atoms with Crippen LogP contribution in [0.25, 0.3) is 0 Å². The first kappa shape index (κ1) is 20.7. The Bertz CT molecular complexity index is 188. The molecule has 0 fully saturated rings. The van der Waals surface area contributed by atoms with E-state index in [0.717, 1.165) is 6.61 Å². The lowest BCUT2D eigenvalue weighted by atomic mass is 10.0. The van der Waals surface area contributed by atoms with Crippen LogP contribution in [0.4, 0.5) is 0 Å². The summed E-state index contributed by atoms with van der Waals surface area (Å²) < 4.78 is 5.38. The maximum absolute atomic E-state index is 5.38. The third kappa shape index (κ3) is 19.7. The van der Waals surface area contributed by atoms with Gasteiger partial charge in [-0.3, -0.25) is 0 Å². The lowest BCUT2D eigenvalue weighted by Crippen LogP contribution is -1.93. The summed E-state index contributed by atoms with van der Waals surface area (Å²) in [6.45, 7) is 7.55. The third-order valence-electron chi connectivity index (χ3n) is 4.13. The van der Waals surface area contributed by atoms with Gasteiger partial charge < -0.3 is 4.74 Å². The average Bonchev–Trinajstić information content (AvgIpc) is 2.50. The summed E-state index contributed by atoms with van der Waals surface area (Å²) in [6.07, 6.45) is 23.1. The van der Waals surface area contributed by atoms with Gasteiger partial charge in [0.05, 0.1) is 6.61 Å². The Morgan fingerprint density at radius 2 is 1.00 bits per heavy atom. The zero-order valence-electron chi connectivity index (χ0n) is 14.7. The van der Waals surface area contributed by atoms with Crippen molar-refractivity contribution >= 4 is 0 Å². The Kier molecular flexibility index (Phi) is 19.4. The molecule has 1 heteroatoms. The van der Waals surface area contributed by atoms with Gasteiger partial charge in [-0.2, -0.15) is 0 Å². The van der Waals surface area contributed by atoms with Crippen molar-refractivity contribution in [2.24, 2.45) is 0 Å². The fourth-order valence-corrected chi connectivity index (χ4v) is 2.74. The molecule has 0 N–H and O–H groups in total. The van der Waals surface area contributed by atoms with E-state index in [1.54, 1.807) is 0 Å². The maximum Gasteiger partial charge on any atom is 0.0644 e. The summed E-state index contributed by atoms with van der Waals surface area (Å²) >= 11 is 0. The van der Waals surface area contributed by atoms with E-state index in [2.05, 4.69) is 13.5 Å². The van der Waals surface area contributed by atoms with Crippen LogP contribution in [0.15, 0.2) is 12.7 Å². The predicted octanol–water partition coefficient (Wildman–Crippen LogP) is 7.06. The highest BCUT2D eigenvalue weighted by atomic mass is 16.5. The van der Waals surface area contributed by atoms with Crippen molar-refractivity contribution in [3.8, 4) is 0 Å². The van der Waals surface area contributed by atoms with Crippen LogP contribution in [0, 0.1) is 0 Å². The molecule has 0 spiro atoms. The molecule has 0 atom stereocenters. The van der Waals surface area contributed by atoms with Crippen LogP contribution < -0.4 is 0 Å². The van der Waals surface area contributed by atoms with Crippen LogP contribution in [0.2, 0.25) is 0 Å². The largest absolute Gasteiger partial charge is 0.377 e. The first-order valence-electron chi connectivity index (χ1n) is 9.60. The molecule has 0 amide bonds. The average molecular weight is 297 g/mol. The molecule has 0 aromatic heterocycles. The van der Waals surface area contributed by atoms with Crippen molar-refractivity contribution in [2.75, 3.05) is 13.2 Å². The second kappa shape index (κ2) is 19.7. The Morgan fingerprint density at radius 1 is 0.619 bits per heavy atom. The monoisotopic (exact) mass is 296 g/mol. The normalized spacial score (nSPS) is 10.9. The summed E-state index contributed by atoms with van der Waals surface area (Å²) in [5, 5.41) is 0. The van der Waals surface area contributed by atoms with E-state index < -0.39 is 0 Å². The molecular weight excluding hydrogens is 256 g/mol. The third-order valence-corrected chi connectivity index (χ3v) is 4.13. The zero-order valence-corrected chi connectivity index (χ0v) is 14.7. The fraction of sp³-hybridized carbons (Fsp3) is 0.900. The number of ether oxygens (including phenoxy) is 1. The van der Waals surface area contributed by atoms with Crippen LogP contribution >= 0.6 is 0 Å². The highest BCUT2D eigenvalue weighted by Crippen LogP contribution is 2.13. The van der Waals surface area contributed by atoms with E-state index in [1.165, 1.54) is 96.3 Å². The van der Waals surface area contributed by atoms with Gasteiger partial charge in [-0.25, -0.2) is 0 Å². The molecule has 0 aliphatic rings. The minimum atomic E-state index is 0.707. The van der Waals surface area contributed by atoms with Crippen LogP contribution in [-0.2, 0) is 4.74 Å². The molecule has 0 aromatic rings. The lowest BCUT2D eigenvalue weighted by Gasteiger charge is -2.03. The standard InChI is InChI=1S/C20H40O/c1-3-5-6-7-8-9-10-11-12-13-14-15-16-17-18-20-21-19-4-2/h4H,2-3,5-20H2,1H3. The quantitative estimate of drug-likeness (QED) is 0.194. The van der Waals surface area contributed by atoms with Crippen molar-refractivity contribution in [1.29, 1.82) is 0 Å². The Hall–Kier alpha value is -0.300. The Balaban J connectivity index is 2.91. The van der Waals surface area contributed by atoms with Gasteiger partial charge >= 0.3 is 0 Å². The summed E-state index contributed by atoms with van der Waals surface area (Å²) in [4.78, 5) is 0. The van der Waals surface area contributed by atoms with Crippen molar-refractivity contribution in [2.45, 2.75) is 103 Å². The van der Waals surface area contributed by atoms with Crippen LogP contribution in [0.3, 0.4) is 0 Å². The van der Waals surface area contributed by atoms with E-state index in [9.17, 15) is 0 Å². The SMILES string of the molecule is C=CCOCCCCCCCCCCCCCCCCC. The molecule has 0 bridgehead atoms. The van der Waals surface area contributed by atoms with Gasteiger partial charge in [-0.15, -0.1) is 6.58 Å². The highest BCUT2D eigenvalue weighted by Gasteiger charge is 1.94. The molecule has 0 saturated carbocycles. The van der Waals surface area contributed by atoms with Gasteiger partial charge in [0.15, 0.2) is 0 Å². The molecule has 21 heavy (non-hydrogen) atoms. The van der Waals surface area contributed by atoms with Crippen molar-refractivity contribution < 1.29 is 4.74 Å². The van der Waals surface area contributed by atoms with Crippen molar-refractivity contribution in [3.63, 3.8) is 0 Å². The van der Waals surface area contributed by atoms with E-state index in [-0.39, 0.29) is 0 Å². The van der Waals surface area contributed by atoms with Gasteiger partial charge in [0.1, 0.15) is 0 Å². The summed E-state index contributed by atoms with van der Waals surface area (Å²) in [5.74, 6) is 0. The van der Waals surface area contributed by atoms with Gasteiger partial charge in [-0.1, -0.05) is 103 Å². The fourth-order valence-electron chi connectivity index (χ4n) is 2.74. The number of rotatable bonds is 18. The van der Waals surface area contributed by atoms with Crippen LogP contribution in [0.5, 0.6) is 0 Å². The lowest BCUT2D eigenvalue weighted by molar-refractivity contribution is 0.157. The molecule has 0 saturated heterocycles. The van der Waals surface area contributed by atoms with Crippen molar-refractivity contribution in [3.05, 3.63) is 12.7 Å². The van der Waals surface area contributed by atoms with E-state index in [0.29, 0.717) is 6.61 Å². The first-order valence-corrected chi connectivity index (χ1v) is 9.60. The zero-order chi connectivity index (χ0) is 15.4. The number of hydrogen-bond donors (Lipinski definition) is 0. The van der Waals surface area contributed by atoms with E-state index >= 15 is 0 Å². The molecule has 0 heterocycles. The summed E-state index contributed by atoms with van der Waals surface area (Å²) in [5.41, 5.74) is 0. The molecule has 0 rings (SSSR count). The Labute approximate surface area is 134 Å². The minimum absolute atomic E-state index is 0.707. The van der Waals surface area contributed by atoms with Gasteiger partial charge in [0.25, 0.3) is 0 Å². The van der Waals surface area contributed by atoms with Gasteiger partial charge in [-0.05, 0) is 6.42 Å². The maximum atomic E-state index is 5.38. The molecule has 0 aliphatic heterocycles. The molecule has 126 valence electrons. The van der Waals surface area contributed by atoms with Gasteiger partial charge in [0.2, 0.25) is 0 Å². The molecule has 0 unspecified atom stereocenters. The van der Waals surface area contributed by atoms with Crippen LogP contribution in [0.1, 0.15) is 103 Å². The highest BCUT2D eigenvalue weighted by molar-refractivity contribution is 4.63. The molecule has 0 aromatic carbocycles. The topological polar surface area (TPSA) is 9.23 Å². The number of hydrogen-bond acceptors (Lipinski definition) is 1. The van der Waals surface area contributed by atoms with Crippen molar-refractivity contribution in [1.82, 2.24) is 0 Å². The second-order valence-electron chi connectivity index (χ2n) is 6.31. The number of unbranched alkanes of at least 4 members (excludes halogenated alkanes) is 14. The minimum Gasteiger partial charge on any atom is -0.377 e. The van der Waals surface area contributed by atoms with Crippen LogP contribution in [-0.4, -0.2) is 13.2 Å². The smallest absolute Gasteiger partial charge is 0.0644 e. The summed E-state index contributed by atoms with van der Waals surface area (Å²) in [7, 11) is 0. The predicted molar refractivity (Wildman–Crippen MR) is 95.9 cm³/mol. The molecule has 0 aliphatic carbocycles. The first-order chi connectivity index (χ1) is 10.4. The van der Waals surface area contributed by atoms with Gasteiger partial charge in [0, 0.05) is 6.61 Å². The second-order valence-corrected chi connectivity index (χ2v) is 6.31. The molecular formula is C20H40O. The molecule has 1 nitrogen and oxygen atoms in total. The van der Waals surface area contributed by atoms with E-state index in [1.807, 2.05) is 6.08 Å². The Morgan fingerprint density at radius 3 is 1.38 bits per heavy atom. The molecule has 0 radical (unpaired) electrons.